The molecular formula is C27H30N2O5. The van der Waals surface area contributed by atoms with Crippen LogP contribution < -0.4 is 10.6 Å². The maximum atomic E-state index is 12.8. The molecule has 0 bridgehead atoms. The van der Waals surface area contributed by atoms with Crippen molar-refractivity contribution in [2.75, 3.05) is 6.61 Å². The summed E-state index contributed by atoms with van der Waals surface area (Å²) in [6.07, 6.45) is -0.731. The second-order valence-electron chi connectivity index (χ2n) is 9.30. The second-order valence-corrected chi connectivity index (χ2v) is 9.30. The molecule has 2 atom stereocenters. The van der Waals surface area contributed by atoms with Crippen molar-refractivity contribution in [2.24, 2.45) is 5.41 Å². The van der Waals surface area contributed by atoms with E-state index in [4.69, 9.17) is 4.74 Å². The lowest BCUT2D eigenvalue weighted by molar-refractivity contribution is -0.145. The number of carbonyl (C=O) groups is 3. The van der Waals surface area contributed by atoms with Crippen molar-refractivity contribution < 1.29 is 24.2 Å². The summed E-state index contributed by atoms with van der Waals surface area (Å²) >= 11 is 0. The molecule has 0 aromatic heterocycles. The number of hydrogen-bond acceptors (Lipinski definition) is 4. The SMILES string of the molecule is CC#CCC(NC(=O)OCC1c2ccccc2-c2ccccc21)C(=O)N[C@H](C(=O)O)C(C)(C)C. The van der Waals surface area contributed by atoms with E-state index < -0.39 is 35.5 Å². The molecule has 1 unspecified atom stereocenters. The summed E-state index contributed by atoms with van der Waals surface area (Å²) in [5, 5.41) is 14.6. The van der Waals surface area contributed by atoms with Crippen LogP contribution in [0.4, 0.5) is 4.79 Å². The minimum absolute atomic E-state index is 0.0308. The van der Waals surface area contributed by atoms with Gasteiger partial charge in [0, 0.05) is 12.3 Å². The number of fused-ring (bicyclic) bond motifs is 3. The molecule has 0 saturated carbocycles. The molecule has 2 aromatic carbocycles. The number of hydrogen-bond donors (Lipinski definition) is 3. The Morgan fingerprint density at radius 2 is 1.56 bits per heavy atom. The fraction of sp³-hybridized carbons (Fsp3) is 0.370. The van der Waals surface area contributed by atoms with Gasteiger partial charge in [-0.1, -0.05) is 69.3 Å². The van der Waals surface area contributed by atoms with Crippen molar-refractivity contribution >= 4 is 18.0 Å². The Labute approximate surface area is 199 Å². The Morgan fingerprint density at radius 1 is 1.00 bits per heavy atom. The number of aliphatic carboxylic acids is 1. The van der Waals surface area contributed by atoms with Gasteiger partial charge in [0.2, 0.25) is 5.91 Å². The normalized spacial score (nSPS) is 14.0. The maximum absolute atomic E-state index is 12.8. The van der Waals surface area contributed by atoms with Crippen LogP contribution in [0.25, 0.3) is 11.1 Å². The van der Waals surface area contributed by atoms with Gasteiger partial charge in [0.1, 0.15) is 18.7 Å². The van der Waals surface area contributed by atoms with Gasteiger partial charge in [-0.3, -0.25) is 4.79 Å². The zero-order valence-electron chi connectivity index (χ0n) is 19.8. The van der Waals surface area contributed by atoms with Crippen molar-refractivity contribution in [1.29, 1.82) is 0 Å². The van der Waals surface area contributed by atoms with E-state index in [9.17, 15) is 19.5 Å². The highest BCUT2D eigenvalue weighted by Crippen LogP contribution is 2.44. The van der Waals surface area contributed by atoms with Crippen LogP contribution in [0.3, 0.4) is 0 Å². The standard InChI is InChI=1S/C27H30N2O5/c1-5-6-15-22(24(30)29-23(25(31)32)27(2,3)4)28-26(33)34-16-21-19-13-9-7-11-17(19)18-12-8-10-14-20(18)21/h7-14,21-23H,15-16H2,1-4H3,(H,28,33)(H,29,30)(H,31,32)/t22?,23-/m1/s1. The third-order valence-electron chi connectivity index (χ3n) is 5.83. The smallest absolute Gasteiger partial charge is 0.407 e. The highest BCUT2D eigenvalue weighted by atomic mass is 16.5. The molecule has 0 heterocycles. The third-order valence-corrected chi connectivity index (χ3v) is 5.83. The number of alkyl carbamates (subject to hydrolysis) is 1. The Kier molecular flexibility index (Phi) is 7.62. The summed E-state index contributed by atoms with van der Waals surface area (Å²) in [5.41, 5.74) is 3.68. The molecule has 0 spiro atoms. The minimum Gasteiger partial charge on any atom is -0.480 e. The summed E-state index contributed by atoms with van der Waals surface area (Å²) in [6.45, 7) is 6.87. The van der Waals surface area contributed by atoms with Crippen molar-refractivity contribution in [3.05, 3.63) is 59.7 Å². The van der Waals surface area contributed by atoms with E-state index in [-0.39, 0.29) is 18.9 Å². The number of carbonyl (C=O) groups excluding carboxylic acids is 2. The topological polar surface area (TPSA) is 105 Å². The summed E-state index contributed by atoms with van der Waals surface area (Å²) < 4.78 is 5.53. The number of carboxylic acid groups (broad SMARTS) is 1. The lowest BCUT2D eigenvalue weighted by Crippen LogP contribution is -2.55. The molecule has 7 heteroatoms. The fourth-order valence-electron chi connectivity index (χ4n) is 4.09. The molecule has 0 aliphatic heterocycles. The van der Waals surface area contributed by atoms with Crippen LogP contribution in [0.1, 0.15) is 51.2 Å². The summed E-state index contributed by atoms with van der Waals surface area (Å²) in [4.78, 5) is 37.1. The molecule has 1 aliphatic carbocycles. The average molecular weight is 463 g/mol. The van der Waals surface area contributed by atoms with E-state index in [1.165, 1.54) is 0 Å². The van der Waals surface area contributed by atoms with E-state index in [0.29, 0.717) is 0 Å². The zero-order chi connectivity index (χ0) is 24.9. The quantitative estimate of drug-likeness (QED) is 0.541. The van der Waals surface area contributed by atoms with Crippen molar-refractivity contribution in [3.63, 3.8) is 0 Å². The first kappa shape index (κ1) is 24.8. The van der Waals surface area contributed by atoms with Gasteiger partial charge in [-0.05, 0) is 34.6 Å². The van der Waals surface area contributed by atoms with Crippen LogP contribution in [0, 0.1) is 17.3 Å². The minimum atomic E-state index is -1.15. The molecule has 2 amide bonds. The number of carboxylic acids is 1. The van der Waals surface area contributed by atoms with Crippen molar-refractivity contribution in [1.82, 2.24) is 10.6 Å². The number of rotatable bonds is 7. The summed E-state index contributed by atoms with van der Waals surface area (Å²) in [7, 11) is 0. The highest BCUT2D eigenvalue weighted by Gasteiger charge is 2.35. The molecule has 7 nitrogen and oxygen atoms in total. The molecule has 1 aliphatic rings. The lowest BCUT2D eigenvalue weighted by atomic mass is 9.86. The van der Waals surface area contributed by atoms with Crippen LogP contribution in [-0.4, -0.2) is 41.8 Å². The largest absolute Gasteiger partial charge is 0.480 e. The summed E-state index contributed by atoms with van der Waals surface area (Å²) in [5.74, 6) is 3.57. The molecule has 3 N–H and O–H groups in total. The Balaban J connectivity index is 1.69. The van der Waals surface area contributed by atoms with Gasteiger partial charge in [0.15, 0.2) is 0 Å². The number of benzene rings is 2. The van der Waals surface area contributed by atoms with Crippen LogP contribution in [0.2, 0.25) is 0 Å². The Bertz CT molecular complexity index is 1090. The van der Waals surface area contributed by atoms with Gasteiger partial charge < -0.3 is 20.5 Å². The Hall–Kier alpha value is -3.79. The molecule has 34 heavy (non-hydrogen) atoms. The van der Waals surface area contributed by atoms with Crippen molar-refractivity contribution in [3.8, 4) is 23.0 Å². The third kappa shape index (κ3) is 5.57. The molecule has 0 fully saturated rings. The van der Waals surface area contributed by atoms with Gasteiger partial charge in [-0.25, -0.2) is 9.59 Å². The van der Waals surface area contributed by atoms with E-state index in [1.807, 2.05) is 48.5 Å². The van der Waals surface area contributed by atoms with Gasteiger partial charge in [0.25, 0.3) is 0 Å². The molecule has 3 rings (SSSR count). The van der Waals surface area contributed by atoms with Gasteiger partial charge >= 0.3 is 12.1 Å². The number of ether oxygens (including phenoxy) is 1. The predicted octanol–water partition coefficient (Wildman–Crippen LogP) is 3.92. The Morgan fingerprint density at radius 3 is 2.06 bits per heavy atom. The average Bonchev–Trinajstić information content (AvgIpc) is 3.11. The maximum Gasteiger partial charge on any atom is 0.407 e. The van der Waals surface area contributed by atoms with Crippen molar-refractivity contribution in [2.45, 2.75) is 52.1 Å². The summed E-state index contributed by atoms with van der Waals surface area (Å²) in [6, 6.07) is 13.8. The monoisotopic (exact) mass is 462 g/mol. The van der Waals surface area contributed by atoms with Crippen LogP contribution in [0.5, 0.6) is 0 Å². The first-order chi connectivity index (χ1) is 16.1. The zero-order valence-corrected chi connectivity index (χ0v) is 19.8. The molecule has 0 radical (unpaired) electrons. The predicted molar refractivity (Wildman–Crippen MR) is 129 cm³/mol. The molecule has 0 saturated heterocycles. The van der Waals surface area contributed by atoms with E-state index in [2.05, 4.69) is 22.5 Å². The molecular weight excluding hydrogens is 432 g/mol. The van der Waals surface area contributed by atoms with Gasteiger partial charge in [-0.2, -0.15) is 0 Å². The first-order valence-electron chi connectivity index (χ1n) is 11.2. The van der Waals surface area contributed by atoms with E-state index in [1.54, 1.807) is 27.7 Å². The molecule has 2 aromatic rings. The van der Waals surface area contributed by atoms with Gasteiger partial charge in [-0.15, -0.1) is 11.8 Å². The van der Waals surface area contributed by atoms with Crippen LogP contribution in [-0.2, 0) is 14.3 Å². The first-order valence-corrected chi connectivity index (χ1v) is 11.2. The number of amides is 2. The van der Waals surface area contributed by atoms with Crippen LogP contribution in [0.15, 0.2) is 48.5 Å². The number of nitrogens with one attached hydrogen (secondary N) is 2. The highest BCUT2D eigenvalue weighted by molar-refractivity contribution is 5.90. The molecule has 178 valence electrons. The fourth-order valence-corrected chi connectivity index (χ4v) is 4.09. The second kappa shape index (κ2) is 10.4. The van der Waals surface area contributed by atoms with E-state index in [0.717, 1.165) is 22.3 Å². The van der Waals surface area contributed by atoms with Crippen LogP contribution >= 0.6 is 0 Å². The lowest BCUT2D eigenvalue weighted by Gasteiger charge is -2.29. The van der Waals surface area contributed by atoms with Gasteiger partial charge in [0.05, 0.1) is 0 Å². The van der Waals surface area contributed by atoms with E-state index >= 15 is 0 Å².